The van der Waals surface area contributed by atoms with Crippen LogP contribution in [0.5, 0.6) is 0 Å². The van der Waals surface area contributed by atoms with E-state index in [9.17, 15) is 10.1 Å². The Labute approximate surface area is 102 Å². The van der Waals surface area contributed by atoms with E-state index >= 15 is 0 Å². The molecule has 17 heavy (non-hydrogen) atoms. The molecule has 0 amide bonds. The van der Waals surface area contributed by atoms with Gasteiger partial charge in [0.05, 0.1) is 28.7 Å². The van der Waals surface area contributed by atoms with Gasteiger partial charge in [0.15, 0.2) is 0 Å². The van der Waals surface area contributed by atoms with Gasteiger partial charge >= 0.3 is 0 Å². The molecule has 0 saturated carbocycles. The van der Waals surface area contributed by atoms with E-state index in [1.807, 2.05) is 5.38 Å². The van der Waals surface area contributed by atoms with Gasteiger partial charge in [0, 0.05) is 17.1 Å². The molecular weight excluding hydrogens is 240 g/mol. The quantitative estimate of drug-likeness (QED) is 0.665. The third-order valence-electron chi connectivity index (χ3n) is 2.21. The number of nitrogens with zero attached hydrogens (tertiary/aromatic N) is 3. The summed E-state index contributed by atoms with van der Waals surface area (Å²) in [4.78, 5) is 18.5. The minimum atomic E-state index is -0.412. The van der Waals surface area contributed by atoms with Gasteiger partial charge in [-0.15, -0.1) is 11.3 Å². The lowest BCUT2D eigenvalue weighted by atomic mass is 10.2. The number of anilines is 1. The number of aryl methyl sites for hydroxylation is 1. The number of aromatic nitrogens is 2. The molecule has 0 unspecified atom stereocenters. The van der Waals surface area contributed by atoms with Crippen LogP contribution in [0.15, 0.2) is 23.2 Å². The second-order valence-electron chi connectivity index (χ2n) is 3.45. The molecule has 0 radical (unpaired) electrons. The lowest BCUT2D eigenvalue weighted by molar-refractivity contribution is -0.385. The van der Waals surface area contributed by atoms with Gasteiger partial charge in [-0.2, -0.15) is 0 Å². The Balaban J connectivity index is 2.11. The number of nitro groups is 1. The van der Waals surface area contributed by atoms with Crippen LogP contribution in [0, 0.1) is 17.0 Å². The van der Waals surface area contributed by atoms with Crippen LogP contribution in [0.3, 0.4) is 0 Å². The fraction of sp³-hybridized carbons (Fsp3) is 0.200. The molecule has 0 aromatic carbocycles. The summed E-state index contributed by atoms with van der Waals surface area (Å²) in [6, 6.07) is 1.43. The first-order valence-electron chi connectivity index (χ1n) is 4.89. The first-order valence-corrected chi connectivity index (χ1v) is 5.83. The van der Waals surface area contributed by atoms with Gasteiger partial charge in [-0.3, -0.25) is 10.1 Å². The summed E-state index contributed by atoms with van der Waals surface area (Å²) in [5, 5.41) is 15.7. The number of nitrogens with one attached hydrogen (secondary N) is 1. The lowest BCUT2D eigenvalue weighted by Gasteiger charge is -2.04. The average Bonchev–Trinajstić information content (AvgIpc) is 2.80. The van der Waals surface area contributed by atoms with Gasteiger partial charge in [0.1, 0.15) is 5.82 Å². The first-order chi connectivity index (χ1) is 8.16. The highest BCUT2D eigenvalue weighted by molar-refractivity contribution is 7.07. The van der Waals surface area contributed by atoms with Crippen molar-refractivity contribution in [2.45, 2.75) is 13.5 Å². The lowest BCUT2D eigenvalue weighted by Crippen LogP contribution is -2.03. The van der Waals surface area contributed by atoms with E-state index in [0.717, 1.165) is 5.69 Å². The Morgan fingerprint density at radius 1 is 1.53 bits per heavy atom. The molecule has 2 heterocycles. The minimum Gasteiger partial charge on any atom is -0.364 e. The molecule has 0 spiro atoms. The number of pyridine rings is 1. The van der Waals surface area contributed by atoms with E-state index in [-0.39, 0.29) is 5.69 Å². The predicted octanol–water partition coefficient (Wildman–Crippen LogP) is 2.37. The summed E-state index contributed by atoms with van der Waals surface area (Å²) in [7, 11) is 0. The van der Waals surface area contributed by atoms with Gasteiger partial charge in [0.2, 0.25) is 0 Å². The zero-order valence-electron chi connectivity index (χ0n) is 9.08. The van der Waals surface area contributed by atoms with Gasteiger partial charge in [-0.25, -0.2) is 9.97 Å². The summed E-state index contributed by atoms with van der Waals surface area (Å²) in [6.45, 7) is 2.17. The summed E-state index contributed by atoms with van der Waals surface area (Å²) in [5.41, 5.74) is 3.25. The Morgan fingerprint density at radius 3 is 3.00 bits per heavy atom. The van der Waals surface area contributed by atoms with Crippen LogP contribution in [0.4, 0.5) is 11.5 Å². The zero-order chi connectivity index (χ0) is 12.3. The van der Waals surface area contributed by atoms with Crippen molar-refractivity contribution < 1.29 is 4.92 Å². The number of hydrogen-bond donors (Lipinski definition) is 1. The van der Waals surface area contributed by atoms with E-state index in [1.165, 1.54) is 23.6 Å². The molecule has 1 N–H and O–H groups in total. The van der Waals surface area contributed by atoms with Gasteiger partial charge in [-0.1, -0.05) is 0 Å². The standard InChI is InChI=1S/C10H10N4O2S/c1-7-3-11-10(2-9(7)14(15)16)12-4-8-5-17-6-13-8/h2-3,5-6H,4H2,1H3,(H,11,12). The van der Waals surface area contributed by atoms with Crippen LogP contribution < -0.4 is 5.32 Å². The van der Waals surface area contributed by atoms with Crippen LogP contribution >= 0.6 is 11.3 Å². The topological polar surface area (TPSA) is 81.0 Å². The van der Waals surface area contributed by atoms with Crippen LogP contribution in [-0.4, -0.2) is 14.9 Å². The fourth-order valence-electron chi connectivity index (χ4n) is 1.31. The smallest absolute Gasteiger partial charge is 0.277 e. The molecule has 0 saturated heterocycles. The van der Waals surface area contributed by atoms with Crippen molar-refractivity contribution in [2.24, 2.45) is 0 Å². The van der Waals surface area contributed by atoms with Crippen LogP contribution in [0.25, 0.3) is 0 Å². The van der Waals surface area contributed by atoms with Crippen molar-refractivity contribution in [3.05, 3.63) is 44.5 Å². The number of hydrogen-bond acceptors (Lipinski definition) is 6. The van der Waals surface area contributed by atoms with E-state index in [2.05, 4.69) is 15.3 Å². The predicted molar refractivity (Wildman–Crippen MR) is 65.1 cm³/mol. The van der Waals surface area contributed by atoms with Crippen molar-refractivity contribution in [1.82, 2.24) is 9.97 Å². The molecule has 88 valence electrons. The Kier molecular flexibility index (Phi) is 3.29. The third-order valence-corrected chi connectivity index (χ3v) is 2.84. The number of thiazole rings is 1. The van der Waals surface area contributed by atoms with Gasteiger partial charge in [0.25, 0.3) is 5.69 Å². The van der Waals surface area contributed by atoms with Crippen molar-refractivity contribution in [3.63, 3.8) is 0 Å². The van der Waals surface area contributed by atoms with E-state index in [4.69, 9.17) is 0 Å². The monoisotopic (exact) mass is 250 g/mol. The Morgan fingerprint density at radius 2 is 2.35 bits per heavy atom. The van der Waals surface area contributed by atoms with Gasteiger partial charge < -0.3 is 5.32 Å². The first kappa shape index (κ1) is 11.5. The Hall–Kier alpha value is -2.02. The maximum absolute atomic E-state index is 10.7. The van der Waals surface area contributed by atoms with Crippen LogP contribution in [0.1, 0.15) is 11.3 Å². The van der Waals surface area contributed by atoms with Crippen molar-refractivity contribution in [2.75, 3.05) is 5.32 Å². The fourth-order valence-corrected chi connectivity index (χ4v) is 1.87. The highest BCUT2D eigenvalue weighted by Gasteiger charge is 2.11. The maximum atomic E-state index is 10.7. The molecule has 0 aliphatic rings. The van der Waals surface area contributed by atoms with E-state index in [0.29, 0.717) is 17.9 Å². The molecule has 2 aromatic heterocycles. The molecule has 2 aromatic rings. The normalized spacial score (nSPS) is 10.2. The third kappa shape index (κ3) is 2.76. The molecule has 0 aliphatic carbocycles. The number of rotatable bonds is 4. The van der Waals surface area contributed by atoms with E-state index < -0.39 is 4.92 Å². The largest absolute Gasteiger partial charge is 0.364 e. The molecule has 2 rings (SSSR count). The van der Waals surface area contributed by atoms with Crippen LogP contribution in [-0.2, 0) is 6.54 Å². The highest BCUT2D eigenvalue weighted by Crippen LogP contribution is 2.20. The molecule has 0 aliphatic heterocycles. The maximum Gasteiger partial charge on any atom is 0.277 e. The van der Waals surface area contributed by atoms with Gasteiger partial charge in [-0.05, 0) is 6.92 Å². The van der Waals surface area contributed by atoms with Crippen molar-refractivity contribution in [3.8, 4) is 0 Å². The summed E-state index contributed by atoms with van der Waals surface area (Å²) in [6.07, 6.45) is 1.49. The average molecular weight is 250 g/mol. The molecular formula is C10H10N4O2S. The Bertz CT molecular complexity index is 527. The second kappa shape index (κ2) is 4.88. The summed E-state index contributed by atoms with van der Waals surface area (Å²) < 4.78 is 0. The summed E-state index contributed by atoms with van der Waals surface area (Å²) >= 11 is 1.51. The SMILES string of the molecule is Cc1cnc(NCc2cscn2)cc1[N+](=O)[O-]. The van der Waals surface area contributed by atoms with Crippen molar-refractivity contribution in [1.29, 1.82) is 0 Å². The highest BCUT2D eigenvalue weighted by atomic mass is 32.1. The molecule has 6 nitrogen and oxygen atoms in total. The molecule has 0 fully saturated rings. The zero-order valence-corrected chi connectivity index (χ0v) is 9.90. The molecule has 0 atom stereocenters. The van der Waals surface area contributed by atoms with Crippen molar-refractivity contribution >= 4 is 22.8 Å². The van der Waals surface area contributed by atoms with Crippen LogP contribution in [0.2, 0.25) is 0 Å². The van der Waals surface area contributed by atoms with E-state index in [1.54, 1.807) is 12.4 Å². The molecule has 7 heteroatoms. The summed E-state index contributed by atoms with van der Waals surface area (Å²) in [5.74, 6) is 0.482. The molecule has 0 bridgehead atoms. The second-order valence-corrected chi connectivity index (χ2v) is 4.17. The minimum absolute atomic E-state index is 0.0702.